The monoisotopic (exact) mass is 395 g/mol. The van der Waals surface area contributed by atoms with Gasteiger partial charge in [-0.05, 0) is 30.3 Å². The maximum Gasteiger partial charge on any atom is 0.329 e. The summed E-state index contributed by atoms with van der Waals surface area (Å²) in [6, 6.07) is 9.63. The van der Waals surface area contributed by atoms with E-state index in [9.17, 15) is 9.59 Å². The molecule has 0 aliphatic carbocycles. The minimum Gasteiger partial charge on any atom is -0.493 e. The van der Waals surface area contributed by atoms with Gasteiger partial charge in [-0.25, -0.2) is 5.43 Å². The first-order valence-electron chi connectivity index (χ1n) is 7.26. The third-order valence-corrected chi connectivity index (χ3v) is 3.93. The van der Waals surface area contributed by atoms with E-state index in [0.717, 1.165) is 0 Å². The average Bonchev–Trinajstić information content (AvgIpc) is 2.64. The van der Waals surface area contributed by atoms with Crippen LogP contribution >= 0.6 is 23.2 Å². The number of hydrogen-bond donors (Lipinski definition) is 2. The molecule has 0 spiro atoms. The van der Waals surface area contributed by atoms with Crippen molar-refractivity contribution in [1.29, 1.82) is 0 Å². The second-order valence-corrected chi connectivity index (χ2v) is 5.68. The van der Waals surface area contributed by atoms with E-state index >= 15 is 0 Å². The molecular formula is C17H15Cl2N3O4. The molecule has 7 nitrogen and oxygen atoms in total. The number of benzene rings is 2. The number of nitrogens with one attached hydrogen (secondary N) is 2. The summed E-state index contributed by atoms with van der Waals surface area (Å²) in [5.41, 5.74) is 3.03. The predicted octanol–water partition coefficient (Wildman–Crippen LogP) is 3.10. The fraction of sp³-hybridized carbons (Fsp3) is 0.118. The molecule has 0 aliphatic heterocycles. The van der Waals surface area contributed by atoms with Gasteiger partial charge in [-0.3, -0.25) is 9.59 Å². The number of carbonyl (C=O) groups is 2. The Balaban J connectivity index is 2.00. The molecule has 0 saturated heterocycles. The summed E-state index contributed by atoms with van der Waals surface area (Å²) in [6.07, 6.45) is 1.34. The summed E-state index contributed by atoms with van der Waals surface area (Å²) in [6.45, 7) is 0. The fourth-order valence-electron chi connectivity index (χ4n) is 1.99. The predicted molar refractivity (Wildman–Crippen MR) is 100 cm³/mol. The Kier molecular flexibility index (Phi) is 6.82. The zero-order valence-corrected chi connectivity index (χ0v) is 15.4. The SMILES string of the molecule is COc1cccc(/C=N\NC(=O)C(=O)Nc2ccc(Cl)c(Cl)c2)c1OC. The largest absolute Gasteiger partial charge is 0.493 e. The lowest BCUT2D eigenvalue weighted by atomic mass is 10.2. The van der Waals surface area contributed by atoms with Crippen LogP contribution in [-0.4, -0.2) is 32.2 Å². The highest BCUT2D eigenvalue weighted by atomic mass is 35.5. The molecule has 0 aromatic heterocycles. The highest BCUT2D eigenvalue weighted by Gasteiger charge is 2.14. The molecule has 0 atom stereocenters. The van der Waals surface area contributed by atoms with E-state index in [2.05, 4.69) is 15.8 Å². The van der Waals surface area contributed by atoms with Crippen molar-refractivity contribution in [1.82, 2.24) is 5.43 Å². The van der Waals surface area contributed by atoms with Crippen LogP contribution in [0.25, 0.3) is 0 Å². The molecule has 9 heteroatoms. The molecule has 0 heterocycles. The molecule has 26 heavy (non-hydrogen) atoms. The summed E-state index contributed by atoms with van der Waals surface area (Å²) in [5.74, 6) is -0.888. The summed E-state index contributed by atoms with van der Waals surface area (Å²) < 4.78 is 10.4. The normalized spacial score (nSPS) is 10.5. The van der Waals surface area contributed by atoms with Crippen LogP contribution in [0.5, 0.6) is 11.5 Å². The lowest BCUT2D eigenvalue weighted by Gasteiger charge is -2.09. The van der Waals surface area contributed by atoms with Crippen molar-refractivity contribution in [2.24, 2.45) is 5.10 Å². The number of methoxy groups -OCH3 is 2. The van der Waals surface area contributed by atoms with Gasteiger partial charge in [0.15, 0.2) is 11.5 Å². The summed E-state index contributed by atoms with van der Waals surface area (Å²) in [5, 5.41) is 6.73. The Morgan fingerprint density at radius 1 is 1.04 bits per heavy atom. The second kappa shape index (κ2) is 9.07. The van der Waals surface area contributed by atoms with Gasteiger partial charge in [-0.1, -0.05) is 29.3 Å². The van der Waals surface area contributed by atoms with Crippen molar-refractivity contribution in [2.45, 2.75) is 0 Å². The average molecular weight is 396 g/mol. The van der Waals surface area contributed by atoms with Crippen LogP contribution in [0.4, 0.5) is 5.69 Å². The van der Waals surface area contributed by atoms with Crippen LogP contribution in [0.15, 0.2) is 41.5 Å². The second-order valence-electron chi connectivity index (χ2n) is 4.86. The molecule has 0 bridgehead atoms. The molecule has 0 fully saturated rings. The van der Waals surface area contributed by atoms with Gasteiger partial charge in [0.25, 0.3) is 0 Å². The molecular weight excluding hydrogens is 381 g/mol. The number of hydrazone groups is 1. The minimum absolute atomic E-state index is 0.257. The summed E-state index contributed by atoms with van der Waals surface area (Å²) in [4.78, 5) is 23.7. The first-order valence-corrected chi connectivity index (χ1v) is 8.02. The molecule has 0 aliphatic rings. The van der Waals surface area contributed by atoms with Crippen LogP contribution in [-0.2, 0) is 9.59 Å². The number of anilines is 1. The van der Waals surface area contributed by atoms with E-state index in [0.29, 0.717) is 27.8 Å². The molecule has 2 rings (SSSR count). The fourth-order valence-corrected chi connectivity index (χ4v) is 2.28. The van der Waals surface area contributed by atoms with Crippen molar-refractivity contribution in [3.63, 3.8) is 0 Å². The van der Waals surface area contributed by atoms with Gasteiger partial charge in [0.05, 0.1) is 30.5 Å². The van der Waals surface area contributed by atoms with Gasteiger partial charge in [0.2, 0.25) is 0 Å². The Morgan fingerprint density at radius 3 is 2.46 bits per heavy atom. The number of para-hydroxylation sites is 1. The number of ether oxygens (including phenoxy) is 2. The van der Waals surface area contributed by atoms with E-state index in [1.807, 2.05) is 0 Å². The minimum atomic E-state index is -0.950. The topological polar surface area (TPSA) is 89.0 Å². The lowest BCUT2D eigenvalue weighted by Crippen LogP contribution is -2.32. The zero-order valence-electron chi connectivity index (χ0n) is 13.9. The van der Waals surface area contributed by atoms with Crippen LogP contribution in [0.2, 0.25) is 10.0 Å². The molecule has 0 saturated carbocycles. The summed E-state index contributed by atoms with van der Waals surface area (Å²) in [7, 11) is 2.99. The molecule has 0 radical (unpaired) electrons. The molecule has 2 aromatic carbocycles. The smallest absolute Gasteiger partial charge is 0.329 e. The maximum atomic E-state index is 11.9. The van der Waals surface area contributed by atoms with Crippen molar-refractivity contribution in [3.8, 4) is 11.5 Å². The third-order valence-electron chi connectivity index (χ3n) is 3.19. The molecule has 2 amide bonds. The van der Waals surface area contributed by atoms with E-state index in [4.69, 9.17) is 32.7 Å². The number of nitrogens with zero attached hydrogens (tertiary/aromatic N) is 1. The van der Waals surface area contributed by atoms with Gasteiger partial charge < -0.3 is 14.8 Å². The number of amides is 2. The lowest BCUT2D eigenvalue weighted by molar-refractivity contribution is -0.136. The first kappa shape index (κ1) is 19.6. The third kappa shape index (κ3) is 4.87. The van der Waals surface area contributed by atoms with Gasteiger partial charge in [-0.15, -0.1) is 0 Å². The molecule has 2 N–H and O–H groups in total. The molecule has 2 aromatic rings. The highest BCUT2D eigenvalue weighted by molar-refractivity contribution is 6.42. The molecule has 0 unspecified atom stereocenters. The Bertz CT molecular complexity index is 856. The first-order chi connectivity index (χ1) is 12.5. The number of rotatable bonds is 5. The quantitative estimate of drug-likeness (QED) is 0.462. The van der Waals surface area contributed by atoms with Gasteiger partial charge in [0, 0.05) is 11.3 Å². The van der Waals surface area contributed by atoms with Crippen LogP contribution in [0.3, 0.4) is 0 Å². The van der Waals surface area contributed by atoms with Gasteiger partial charge in [0.1, 0.15) is 0 Å². The number of hydrogen-bond acceptors (Lipinski definition) is 5. The van der Waals surface area contributed by atoms with Gasteiger partial charge in [-0.2, -0.15) is 5.10 Å². The van der Waals surface area contributed by atoms with Crippen molar-refractivity contribution >= 4 is 46.9 Å². The van der Waals surface area contributed by atoms with E-state index in [-0.39, 0.29) is 5.02 Å². The van der Waals surface area contributed by atoms with Gasteiger partial charge >= 0.3 is 11.8 Å². The van der Waals surface area contributed by atoms with Crippen LogP contribution < -0.4 is 20.2 Å². The number of carbonyl (C=O) groups excluding carboxylic acids is 2. The van der Waals surface area contributed by atoms with E-state index in [1.54, 1.807) is 18.2 Å². The van der Waals surface area contributed by atoms with E-state index < -0.39 is 11.8 Å². The van der Waals surface area contributed by atoms with Crippen LogP contribution in [0.1, 0.15) is 5.56 Å². The Hall–Kier alpha value is -2.77. The van der Waals surface area contributed by atoms with Crippen LogP contribution in [0, 0.1) is 0 Å². The standard InChI is InChI=1S/C17H15Cl2N3O4/c1-25-14-5-3-4-10(15(14)26-2)9-20-22-17(24)16(23)21-11-6-7-12(18)13(19)8-11/h3-9H,1-2H3,(H,21,23)(H,22,24)/b20-9-. The maximum absolute atomic E-state index is 11.9. The highest BCUT2D eigenvalue weighted by Crippen LogP contribution is 2.29. The number of halogens is 2. The van der Waals surface area contributed by atoms with E-state index in [1.165, 1.54) is 38.6 Å². The van der Waals surface area contributed by atoms with Crippen molar-refractivity contribution in [3.05, 3.63) is 52.0 Å². The van der Waals surface area contributed by atoms with Crippen molar-refractivity contribution in [2.75, 3.05) is 19.5 Å². The molecule has 136 valence electrons. The zero-order chi connectivity index (χ0) is 19.1. The van der Waals surface area contributed by atoms with Crippen molar-refractivity contribution < 1.29 is 19.1 Å². The summed E-state index contributed by atoms with van der Waals surface area (Å²) >= 11 is 11.6. The Morgan fingerprint density at radius 2 is 1.81 bits per heavy atom. The Labute approximate surface area is 159 Å².